The molecular weight excluding hydrogens is 468 g/mol. The highest BCUT2D eigenvalue weighted by Gasteiger charge is 2.54. The van der Waals surface area contributed by atoms with E-state index in [-0.39, 0.29) is 22.3 Å². The smallest absolute Gasteiger partial charge is 0.353 e. The molecule has 0 radical (unpaired) electrons. The summed E-state index contributed by atoms with van der Waals surface area (Å²) in [4.78, 5) is 42.4. The molecule has 31 heavy (non-hydrogen) atoms. The van der Waals surface area contributed by atoms with Gasteiger partial charge in [0, 0.05) is 16.0 Å². The van der Waals surface area contributed by atoms with E-state index >= 15 is 0 Å². The first-order valence-electron chi connectivity index (χ1n) is 8.45. The number of oxime groups is 2. The highest BCUT2D eigenvalue weighted by Crippen LogP contribution is 2.43. The second-order valence-corrected chi connectivity index (χ2v) is 9.11. The quantitative estimate of drug-likeness (QED) is 0.159. The number of anilines is 1. The number of thiazole rings is 1. The minimum absolute atomic E-state index is 0.0562. The SMILES string of the molecule is CC(/C=C/SC1=C(C(=O)O)N2C(=O)C(NC(=O)/C(=N\O)c3csc(N)n3)[C@H]2SC1)=N\O. The van der Waals surface area contributed by atoms with Crippen LogP contribution in [0.3, 0.4) is 0 Å². The molecule has 1 aromatic heterocycles. The van der Waals surface area contributed by atoms with Gasteiger partial charge in [0.1, 0.15) is 22.8 Å². The zero-order chi connectivity index (χ0) is 22.7. The van der Waals surface area contributed by atoms with E-state index < -0.39 is 34.9 Å². The summed E-state index contributed by atoms with van der Waals surface area (Å²) in [5.41, 5.74) is 5.33. The standard InChI is InChI=1S/C16H16N6O6S3/c1-6(20-27)2-3-29-8-5-30-14-10(13(24)22(14)11(8)15(25)26)19-12(23)9(21-28)7-4-31-16(17)18-7/h2-4,10,14,27-28H,5H2,1H3,(H2,17,18)(H,19,23)(H,25,26)/b3-2+,20-6+,21-9-/t10?,14-/m1/s1. The van der Waals surface area contributed by atoms with Crippen LogP contribution in [0.1, 0.15) is 12.6 Å². The molecule has 0 aliphatic carbocycles. The maximum atomic E-state index is 12.7. The Hall–Kier alpha value is -3.04. The molecule has 164 valence electrons. The average Bonchev–Trinajstić information content (AvgIpc) is 3.17. The lowest BCUT2D eigenvalue weighted by molar-refractivity contribution is -0.150. The minimum Gasteiger partial charge on any atom is -0.477 e. The number of hydrogen-bond acceptors (Lipinski definition) is 12. The summed E-state index contributed by atoms with van der Waals surface area (Å²) < 4.78 is 0. The van der Waals surface area contributed by atoms with E-state index in [9.17, 15) is 24.7 Å². The lowest BCUT2D eigenvalue weighted by Crippen LogP contribution is -2.71. The Morgan fingerprint density at radius 2 is 2.16 bits per heavy atom. The van der Waals surface area contributed by atoms with Crippen molar-refractivity contribution in [3.63, 3.8) is 0 Å². The Balaban J connectivity index is 1.75. The van der Waals surface area contributed by atoms with E-state index in [4.69, 9.17) is 10.9 Å². The predicted octanol–water partition coefficient (Wildman–Crippen LogP) is 0.697. The van der Waals surface area contributed by atoms with E-state index in [0.29, 0.717) is 10.6 Å². The lowest BCUT2D eigenvalue weighted by Gasteiger charge is -2.49. The van der Waals surface area contributed by atoms with E-state index in [2.05, 4.69) is 20.6 Å². The van der Waals surface area contributed by atoms with Gasteiger partial charge in [0.25, 0.3) is 11.8 Å². The maximum absolute atomic E-state index is 12.7. The fraction of sp³-hybridized carbons (Fsp3) is 0.250. The van der Waals surface area contributed by atoms with Crippen LogP contribution in [0.25, 0.3) is 0 Å². The number of carbonyl (C=O) groups excluding carboxylic acids is 2. The zero-order valence-electron chi connectivity index (χ0n) is 15.8. The van der Waals surface area contributed by atoms with Crippen LogP contribution < -0.4 is 11.1 Å². The van der Waals surface area contributed by atoms with Crippen LogP contribution in [0.2, 0.25) is 0 Å². The summed E-state index contributed by atoms with van der Waals surface area (Å²) in [7, 11) is 0. The van der Waals surface area contributed by atoms with Gasteiger partial charge in [0.15, 0.2) is 10.8 Å². The van der Waals surface area contributed by atoms with Gasteiger partial charge < -0.3 is 26.6 Å². The summed E-state index contributed by atoms with van der Waals surface area (Å²) in [6.07, 6.45) is 1.50. The van der Waals surface area contributed by atoms with Gasteiger partial charge in [-0.05, 0) is 18.4 Å². The number of aromatic nitrogens is 1. The van der Waals surface area contributed by atoms with Crippen LogP contribution in [-0.4, -0.2) is 71.8 Å². The van der Waals surface area contributed by atoms with Crippen molar-refractivity contribution in [2.45, 2.75) is 18.3 Å². The highest BCUT2D eigenvalue weighted by atomic mass is 32.2. The van der Waals surface area contributed by atoms with E-state index in [1.165, 1.54) is 23.2 Å². The van der Waals surface area contributed by atoms with Crippen molar-refractivity contribution < 1.29 is 29.9 Å². The molecule has 2 amide bonds. The first-order chi connectivity index (χ1) is 14.8. The molecule has 15 heteroatoms. The molecule has 1 saturated heterocycles. The minimum atomic E-state index is -1.28. The Bertz CT molecular complexity index is 1050. The number of thioether (sulfide) groups is 2. The Labute approximate surface area is 187 Å². The average molecular weight is 485 g/mol. The number of carboxylic acids is 1. The number of aliphatic carboxylic acids is 1. The topological polar surface area (TPSA) is 191 Å². The molecule has 2 atom stereocenters. The molecule has 1 aromatic rings. The number of nitrogens with one attached hydrogen (secondary N) is 1. The fourth-order valence-electron chi connectivity index (χ4n) is 2.75. The molecule has 3 heterocycles. The van der Waals surface area contributed by atoms with Crippen molar-refractivity contribution in [2.75, 3.05) is 11.5 Å². The number of rotatable bonds is 7. The van der Waals surface area contributed by atoms with Crippen LogP contribution in [0, 0.1) is 0 Å². The van der Waals surface area contributed by atoms with Crippen LogP contribution in [0.15, 0.2) is 37.8 Å². The lowest BCUT2D eigenvalue weighted by atomic mass is 10.0. The summed E-state index contributed by atoms with van der Waals surface area (Å²) in [5, 5.41) is 38.4. The molecule has 3 rings (SSSR count). The van der Waals surface area contributed by atoms with Gasteiger partial charge in [-0.3, -0.25) is 14.5 Å². The number of β-lactam (4-membered cyclic amide) rings is 1. The first kappa shape index (κ1) is 22.6. The molecule has 1 fully saturated rings. The second-order valence-electron chi connectivity index (χ2n) is 6.12. The predicted molar refractivity (Wildman–Crippen MR) is 116 cm³/mol. The van der Waals surface area contributed by atoms with Crippen molar-refractivity contribution in [3.05, 3.63) is 33.2 Å². The van der Waals surface area contributed by atoms with Crippen molar-refractivity contribution in [3.8, 4) is 0 Å². The normalized spacial score (nSPS) is 21.8. The molecule has 0 bridgehead atoms. The van der Waals surface area contributed by atoms with E-state index in [0.717, 1.165) is 28.0 Å². The molecule has 0 aromatic carbocycles. The molecular formula is C16H16N6O6S3. The Kier molecular flexibility index (Phi) is 6.87. The highest BCUT2D eigenvalue weighted by molar-refractivity contribution is 8.08. The Morgan fingerprint density at radius 1 is 1.42 bits per heavy atom. The van der Waals surface area contributed by atoms with Gasteiger partial charge in [0.2, 0.25) is 0 Å². The van der Waals surface area contributed by atoms with Gasteiger partial charge in [-0.2, -0.15) is 0 Å². The van der Waals surface area contributed by atoms with Crippen LogP contribution in [0.5, 0.6) is 0 Å². The third-order valence-electron chi connectivity index (χ3n) is 4.18. The van der Waals surface area contributed by atoms with Gasteiger partial charge in [-0.25, -0.2) is 9.78 Å². The number of carboxylic acid groups (broad SMARTS) is 1. The van der Waals surface area contributed by atoms with Gasteiger partial charge in [-0.15, -0.1) is 23.1 Å². The zero-order valence-corrected chi connectivity index (χ0v) is 18.2. The number of hydrogen-bond donors (Lipinski definition) is 5. The molecule has 1 unspecified atom stereocenters. The molecule has 0 spiro atoms. The number of nitrogens with two attached hydrogens (primary N) is 1. The van der Waals surface area contributed by atoms with Gasteiger partial charge in [0.05, 0.1) is 5.71 Å². The van der Waals surface area contributed by atoms with Crippen LogP contribution in [-0.2, 0) is 14.4 Å². The van der Waals surface area contributed by atoms with Crippen molar-refractivity contribution >= 4 is 69.2 Å². The van der Waals surface area contributed by atoms with Crippen molar-refractivity contribution in [1.82, 2.24) is 15.2 Å². The summed E-state index contributed by atoms with van der Waals surface area (Å²) in [6, 6.07) is -0.995. The number of fused-ring (bicyclic) bond motifs is 1. The van der Waals surface area contributed by atoms with Crippen molar-refractivity contribution in [1.29, 1.82) is 0 Å². The number of allylic oxidation sites excluding steroid dienone is 1. The van der Waals surface area contributed by atoms with Crippen LogP contribution in [0.4, 0.5) is 5.13 Å². The fourth-order valence-corrected chi connectivity index (χ4v) is 5.69. The third-order valence-corrected chi connectivity index (χ3v) is 7.21. The first-order valence-corrected chi connectivity index (χ1v) is 11.3. The number of carbonyl (C=O) groups is 3. The number of nitrogens with zero attached hydrogens (tertiary/aromatic N) is 4. The van der Waals surface area contributed by atoms with Crippen LogP contribution >= 0.6 is 34.9 Å². The summed E-state index contributed by atoms with van der Waals surface area (Å²) in [5.74, 6) is -2.43. The number of amides is 2. The largest absolute Gasteiger partial charge is 0.477 e. The van der Waals surface area contributed by atoms with Gasteiger partial charge >= 0.3 is 5.97 Å². The summed E-state index contributed by atoms with van der Waals surface area (Å²) in [6.45, 7) is 1.56. The van der Waals surface area contributed by atoms with E-state index in [1.54, 1.807) is 12.3 Å². The van der Waals surface area contributed by atoms with E-state index in [1.807, 2.05) is 0 Å². The molecule has 2 aliphatic heterocycles. The maximum Gasteiger partial charge on any atom is 0.353 e. The molecule has 6 N–H and O–H groups in total. The molecule has 2 aliphatic rings. The summed E-state index contributed by atoms with van der Waals surface area (Å²) >= 11 is 3.43. The third kappa shape index (κ3) is 4.52. The number of nitrogen functional groups attached to an aromatic ring is 1. The molecule has 12 nitrogen and oxygen atoms in total. The monoisotopic (exact) mass is 484 g/mol. The van der Waals surface area contributed by atoms with Crippen molar-refractivity contribution in [2.24, 2.45) is 10.3 Å². The Morgan fingerprint density at radius 3 is 2.74 bits per heavy atom. The van der Waals surface area contributed by atoms with Gasteiger partial charge in [-0.1, -0.05) is 22.1 Å². The molecule has 0 saturated carbocycles. The second kappa shape index (κ2) is 9.40.